The molecule has 0 aromatic heterocycles. The molecule has 0 spiro atoms. The molecule has 2 heteroatoms. The largest absolute Gasteiger partial charge is 0.0934 e. The Labute approximate surface area is 135 Å². The van der Waals surface area contributed by atoms with Gasteiger partial charge in [-0.2, -0.15) is 0 Å². The van der Waals surface area contributed by atoms with E-state index in [9.17, 15) is 0 Å². The summed E-state index contributed by atoms with van der Waals surface area (Å²) in [5, 5.41) is 0. The van der Waals surface area contributed by atoms with Crippen LogP contribution in [0.2, 0.25) is 0 Å². The highest BCUT2D eigenvalue weighted by atomic mass is 32.2. The summed E-state index contributed by atoms with van der Waals surface area (Å²) in [5.74, 6) is 1.62. The van der Waals surface area contributed by atoms with Gasteiger partial charge in [-0.15, -0.1) is 0 Å². The van der Waals surface area contributed by atoms with Gasteiger partial charge in [0.15, 0.2) is 0 Å². The Morgan fingerprint density at radius 2 is 1.05 bits per heavy atom. The quantitative estimate of drug-likeness (QED) is 0.658. The Balaban J connectivity index is 1.64. The molecule has 0 unspecified atom stereocenters. The Kier molecular flexibility index (Phi) is 3.83. The molecule has 2 atom stereocenters. The smallest absolute Gasteiger partial charge is 0.0119 e. The summed E-state index contributed by atoms with van der Waals surface area (Å²) < 4.78 is 0. The van der Waals surface area contributed by atoms with Gasteiger partial charge in [0.2, 0.25) is 0 Å². The summed E-state index contributed by atoms with van der Waals surface area (Å²) in [6, 6.07) is 21.7. The lowest BCUT2D eigenvalue weighted by atomic mass is 10.1. The van der Waals surface area contributed by atoms with Crippen molar-refractivity contribution in [1.82, 2.24) is 0 Å². The lowest BCUT2D eigenvalue weighted by Crippen LogP contribution is -1.98. The fourth-order valence-corrected chi connectivity index (χ4v) is 6.00. The lowest BCUT2D eigenvalue weighted by Gasteiger charge is -2.19. The topological polar surface area (TPSA) is 0 Å². The molecule has 0 heterocycles. The minimum Gasteiger partial charge on any atom is -0.0934 e. The van der Waals surface area contributed by atoms with E-state index in [-0.39, 0.29) is 0 Å². The Morgan fingerprint density at radius 3 is 1.48 bits per heavy atom. The third kappa shape index (κ3) is 2.79. The zero-order valence-electron chi connectivity index (χ0n) is 11.9. The van der Waals surface area contributed by atoms with Crippen molar-refractivity contribution in [3.05, 3.63) is 70.5 Å². The van der Waals surface area contributed by atoms with E-state index in [1.807, 2.05) is 23.5 Å². The number of allylic oxidation sites excluding steroid dienone is 2. The molecule has 106 valence electrons. The van der Waals surface area contributed by atoms with Crippen molar-refractivity contribution in [1.29, 1.82) is 0 Å². The number of hydrogen-bond donors (Lipinski definition) is 0. The second-order valence-corrected chi connectivity index (χ2v) is 8.00. The van der Waals surface area contributed by atoms with Crippen LogP contribution in [0.5, 0.6) is 0 Å². The third-order valence-corrected chi connectivity index (χ3v) is 7.05. The molecule has 0 aliphatic heterocycles. The van der Waals surface area contributed by atoms with Crippen molar-refractivity contribution in [2.75, 3.05) is 0 Å². The summed E-state index contributed by atoms with van der Waals surface area (Å²) in [6.07, 6.45) is 4.15. The van der Waals surface area contributed by atoms with Crippen LogP contribution < -0.4 is 0 Å². The first-order valence-corrected chi connectivity index (χ1v) is 9.23. The number of benzene rings is 2. The minimum absolute atomic E-state index is 0.811. The molecule has 0 nitrogen and oxygen atoms in total. The Hall–Kier alpha value is -1.12. The Morgan fingerprint density at radius 1 is 0.619 bits per heavy atom. The average Bonchev–Trinajstić information content (AvgIpc) is 3.13. The normalized spacial score (nSPS) is 23.8. The second kappa shape index (κ2) is 5.94. The van der Waals surface area contributed by atoms with Gasteiger partial charge in [0, 0.05) is 19.6 Å². The van der Waals surface area contributed by atoms with Crippen LogP contribution in [-0.2, 0) is 0 Å². The zero-order valence-corrected chi connectivity index (χ0v) is 13.5. The van der Waals surface area contributed by atoms with E-state index >= 15 is 0 Å². The first kappa shape index (κ1) is 13.5. The highest BCUT2D eigenvalue weighted by Gasteiger charge is 2.39. The standard InChI is InChI=1S/C19H18S2/c1-3-7-16(8-4-1)20-18-14-11-12-15(13-14)19(18)21-17-9-5-2-6-10-17/h1-10,14-15H,11-13H2/t14-,15+. The van der Waals surface area contributed by atoms with Gasteiger partial charge < -0.3 is 0 Å². The average molecular weight is 310 g/mol. The van der Waals surface area contributed by atoms with E-state index in [0.29, 0.717) is 0 Å². The minimum atomic E-state index is 0.811. The lowest BCUT2D eigenvalue weighted by molar-refractivity contribution is 0.684. The van der Waals surface area contributed by atoms with Crippen LogP contribution >= 0.6 is 23.5 Å². The predicted octanol–water partition coefficient (Wildman–Crippen LogP) is 6.21. The Bertz CT molecular complexity index is 588. The zero-order chi connectivity index (χ0) is 14.1. The number of thioether (sulfide) groups is 2. The summed E-state index contributed by atoms with van der Waals surface area (Å²) in [4.78, 5) is 6.05. The number of hydrogen-bond acceptors (Lipinski definition) is 2. The van der Waals surface area contributed by atoms with Gasteiger partial charge in [-0.3, -0.25) is 0 Å². The highest BCUT2D eigenvalue weighted by molar-refractivity contribution is 8.06. The van der Waals surface area contributed by atoms with E-state index in [2.05, 4.69) is 60.7 Å². The first-order valence-electron chi connectivity index (χ1n) is 7.60. The SMILES string of the molecule is c1ccc(SC2=C(Sc3ccccc3)[C@H]3CC[C@@H]2C3)cc1. The van der Waals surface area contributed by atoms with Gasteiger partial charge in [-0.25, -0.2) is 0 Å². The summed E-state index contributed by atoms with van der Waals surface area (Å²) in [5.41, 5.74) is 0. The molecular weight excluding hydrogens is 292 g/mol. The van der Waals surface area contributed by atoms with Crippen molar-refractivity contribution in [2.45, 2.75) is 29.1 Å². The van der Waals surface area contributed by atoms with Gasteiger partial charge in [0.05, 0.1) is 0 Å². The maximum Gasteiger partial charge on any atom is 0.0119 e. The maximum absolute atomic E-state index is 2.23. The monoisotopic (exact) mass is 310 g/mol. The summed E-state index contributed by atoms with van der Waals surface area (Å²) in [6.45, 7) is 0. The van der Waals surface area contributed by atoms with Gasteiger partial charge in [-0.05, 0) is 55.4 Å². The van der Waals surface area contributed by atoms with Crippen molar-refractivity contribution in [2.24, 2.45) is 11.8 Å². The molecule has 21 heavy (non-hydrogen) atoms. The number of fused-ring (bicyclic) bond motifs is 2. The molecule has 1 fully saturated rings. The van der Waals surface area contributed by atoms with E-state index in [1.54, 1.807) is 9.81 Å². The van der Waals surface area contributed by atoms with Crippen LogP contribution in [0.3, 0.4) is 0 Å². The molecule has 0 saturated heterocycles. The molecule has 1 saturated carbocycles. The second-order valence-electron chi connectivity index (χ2n) is 5.77. The van der Waals surface area contributed by atoms with Crippen LogP contribution in [0, 0.1) is 11.8 Å². The van der Waals surface area contributed by atoms with E-state index in [1.165, 1.54) is 29.1 Å². The first-order chi connectivity index (χ1) is 10.4. The molecule has 2 bridgehead atoms. The van der Waals surface area contributed by atoms with Crippen molar-refractivity contribution >= 4 is 23.5 Å². The van der Waals surface area contributed by atoms with E-state index < -0.39 is 0 Å². The molecule has 4 rings (SSSR count). The number of rotatable bonds is 4. The molecule has 0 radical (unpaired) electrons. The summed E-state index contributed by atoms with van der Waals surface area (Å²) >= 11 is 4.00. The van der Waals surface area contributed by atoms with Gasteiger partial charge in [-0.1, -0.05) is 59.9 Å². The van der Waals surface area contributed by atoms with E-state index in [4.69, 9.17) is 0 Å². The fourth-order valence-electron chi connectivity index (χ4n) is 3.36. The van der Waals surface area contributed by atoms with Crippen molar-refractivity contribution in [3.8, 4) is 0 Å². The fraction of sp³-hybridized carbons (Fsp3) is 0.263. The maximum atomic E-state index is 2.23. The highest BCUT2D eigenvalue weighted by Crippen LogP contribution is 2.58. The van der Waals surface area contributed by atoms with Crippen LogP contribution in [-0.4, -0.2) is 0 Å². The molecule has 0 N–H and O–H groups in total. The molecular formula is C19H18S2. The van der Waals surface area contributed by atoms with Crippen LogP contribution in [0.1, 0.15) is 19.3 Å². The van der Waals surface area contributed by atoms with Crippen LogP contribution in [0.25, 0.3) is 0 Å². The molecule has 0 amide bonds. The predicted molar refractivity (Wildman–Crippen MR) is 92.5 cm³/mol. The molecule has 2 aliphatic rings. The van der Waals surface area contributed by atoms with Gasteiger partial charge in [0.1, 0.15) is 0 Å². The van der Waals surface area contributed by atoms with Crippen LogP contribution in [0.15, 0.2) is 80.3 Å². The molecule has 2 aromatic carbocycles. The van der Waals surface area contributed by atoms with Crippen molar-refractivity contribution in [3.63, 3.8) is 0 Å². The summed E-state index contributed by atoms with van der Waals surface area (Å²) in [7, 11) is 0. The van der Waals surface area contributed by atoms with Gasteiger partial charge >= 0.3 is 0 Å². The molecule has 2 aromatic rings. The van der Waals surface area contributed by atoms with E-state index in [0.717, 1.165) is 11.8 Å². The molecule has 2 aliphatic carbocycles. The van der Waals surface area contributed by atoms with Crippen molar-refractivity contribution < 1.29 is 0 Å². The van der Waals surface area contributed by atoms with Gasteiger partial charge in [0.25, 0.3) is 0 Å². The van der Waals surface area contributed by atoms with Crippen LogP contribution in [0.4, 0.5) is 0 Å². The third-order valence-electron chi connectivity index (χ3n) is 4.36.